The molecule has 66 valence electrons. The van der Waals surface area contributed by atoms with Crippen LogP contribution in [0.25, 0.3) is 0 Å². The lowest BCUT2D eigenvalue weighted by Crippen LogP contribution is -1.97. The van der Waals surface area contributed by atoms with Crippen LogP contribution in [0.1, 0.15) is 5.56 Å². The van der Waals surface area contributed by atoms with Gasteiger partial charge in [0.2, 0.25) is 0 Å². The van der Waals surface area contributed by atoms with Crippen molar-refractivity contribution >= 4 is 27.3 Å². The number of halogens is 1. The number of nitrogen functional groups attached to an aromatic ring is 1. The topological polar surface area (TPSA) is 92.9 Å². The SMILES string of the molecule is N#Cc1ccc([N+](=O)[O-])c(N)c1Br. The van der Waals surface area contributed by atoms with Gasteiger partial charge in [-0.2, -0.15) is 5.26 Å². The van der Waals surface area contributed by atoms with Crippen molar-refractivity contribution in [3.05, 3.63) is 32.3 Å². The molecule has 0 spiro atoms. The molecule has 1 rings (SSSR count). The average molecular weight is 242 g/mol. The van der Waals surface area contributed by atoms with Crippen molar-refractivity contribution in [1.29, 1.82) is 5.26 Å². The Balaban J connectivity index is 3.42. The highest BCUT2D eigenvalue weighted by molar-refractivity contribution is 9.10. The molecule has 0 aromatic heterocycles. The van der Waals surface area contributed by atoms with Gasteiger partial charge in [0, 0.05) is 6.07 Å². The van der Waals surface area contributed by atoms with E-state index >= 15 is 0 Å². The van der Waals surface area contributed by atoms with E-state index in [-0.39, 0.29) is 21.4 Å². The lowest BCUT2D eigenvalue weighted by atomic mass is 10.2. The molecule has 5 nitrogen and oxygen atoms in total. The summed E-state index contributed by atoms with van der Waals surface area (Å²) in [6.45, 7) is 0. The van der Waals surface area contributed by atoms with Gasteiger partial charge in [0.1, 0.15) is 11.8 Å². The van der Waals surface area contributed by atoms with Crippen LogP contribution in [-0.2, 0) is 0 Å². The maximum absolute atomic E-state index is 10.4. The van der Waals surface area contributed by atoms with Crippen LogP contribution in [0.15, 0.2) is 16.6 Å². The molecule has 1 aromatic carbocycles. The fourth-order valence-electron chi connectivity index (χ4n) is 0.828. The van der Waals surface area contributed by atoms with Gasteiger partial charge in [-0.1, -0.05) is 0 Å². The minimum Gasteiger partial charge on any atom is -0.392 e. The number of hydrogen-bond acceptors (Lipinski definition) is 4. The Kier molecular flexibility index (Phi) is 2.49. The van der Waals surface area contributed by atoms with E-state index in [9.17, 15) is 10.1 Å². The lowest BCUT2D eigenvalue weighted by Gasteiger charge is -2.00. The number of hydrogen-bond donors (Lipinski definition) is 1. The van der Waals surface area contributed by atoms with E-state index in [2.05, 4.69) is 15.9 Å². The second-order valence-corrected chi connectivity index (χ2v) is 3.02. The fraction of sp³-hybridized carbons (Fsp3) is 0. The molecule has 0 saturated carbocycles. The van der Waals surface area contributed by atoms with E-state index in [1.165, 1.54) is 12.1 Å². The zero-order chi connectivity index (χ0) is 10.0. The molecule has 0 aliphatic heterocycles. The largest absolute Gasteiger partial charge is 0.392 e. The first-order chi connectivity index (χ1) is 6.07. The van der Waals surface area contributed by atoms with Gasteiger partial charge in [-0.15, -0.1) is 0 Å². The first kappa shape index (κ1) is 9.48. The summed E-state index contributed by atoms with van der Waals surface area (Å²) in [5.74, 6) is 0. The van der Waals surface area contributed by atoms with E-state index in [1.54, 1.807) is 0 Å². The summed E-state index contributed by atoms with van der Waals surface area (Å²) in [6.07, 6.45) is 0. The first-order valence-corrected chi connectivity index (χ1v) is 3.99. The molecule has 0 saturated heterocycles. The molecule has 0 heterocycles. The van der Waals surface area contributed by atoms with Gasteiger partial charge in [-0.3, -0.25) is 10.1 Å². The fourth-order valence-corrected chi connectivity index (χ4v) is 1.25. The maximum atomic E-state index is 10.4. The molecule has 0 aliphatic rings. The number of nitrogens with zero attached hydrogens (tertiary/aromatic N) is 2. The number of nitro benzene ring substituents is 1. The van der Waals surface area contributed by atoms with Crippen molar-refractivity contribution in [3.8, 4) is 6.07 Å². The Bertz CT molecular complexity index is 411. The molecule has 0 radical (unpaired) electrons. The highest BCUT2D eigenvalue weighted by Crippen LogP contribution is 2.31. The van der Waals surface area contributed by atoms with Gasteiger partial charge in [0.15, 0.2) is 0 Å². The van der Waals surface area contributed by atoms with Crippen LogP contribution in [-0.4, -0.2) is 4.92 Å². The Hall–Kier alpha value is -1.61. The van der Waals surface area contributed by atoms with Gasteiger partial charge >= 0.3 is 0 Å². The van der Waals surface area contributed by atoms with Gasteiger partial charge in [0.05, 0.1) is 15.0 Å². The van der Waals surface area contributed by atoms with Gasteiger partial charge in [-0.05, 0) is 22.0 Å². The zero-order valence-corrected chi connectivity index (χ0v) is 7.91. The highest BCUT2D eigenvalue weighted by atomic mass is 79.9. The third-order valence-electron chi connectivity index (χ3n) is 1.47. The molecule has 6 heteroatoms. The number of rotatable bonds is 1. The van der Waals surface area contributed by atoms with Crippen LogP contribution in [0, 0.1) is 21.4 Å². The first-order valence-electron chi connectivity index (χ1n) is 3.20. The third-order valence-corrected chi connectivity index (χ3v) is 2.33. The molecule has 0 fully saturated rings. The van der Waals surface area contributed by atoms with Crippen molar-refractivity contribution < 1.29 is 4.92 Å². The zero-order valence-electron chi connectivity index (χ0n) is 6.32. The van der Waals surface area contributed by atoms with Crippen molar-refractivity contribution in [1.82, 2.24) is 0 Å². The molecular formula is C7H4BrN3O2. The molecular weight excluding hydrogens is 238 g/mol. The Morgan fingerprint density at radius 1 is 1.62 bits per heavy atom. The van der Waals surface area contributed by atoms with E-state index in [1.807, 2.05) is 6.07 Å². The van der Waals surface area contributed by atoms with Crippen LogP contribution < -0.4 is 5.73 Å². The summed E-state index contributed by atoms with van der Waals surface area (Å²) in [6, 6.07) is 4.41. The Labute approximate surface area is 82.0 Å². The molecule has 13 heavy (non-hydrogen) atoms. The summed E-state index contributed by atoms with van der Waals surface area (Å²) < 4.78 is 0.268. The average Bonchev–Trinajstić information content (AvgIpc) is 2.09. The van der Waals surface area contributed by atoms with Crippen LogP contribution in [0.4, 0.5) is 11.4 Å². The van der Waals surface area contributed by atoms with Crippen LogP contribution >= 0.6 is 15.9 Å². The van der Waals surface area contributed by atoms with E-state index < -0.39 is 4.92 Å². The van der Waals surface area contributed by atoms with E-state index in [0.717, 1.165) is 0 Å². The quantitative estimate of drug-likeness (QED) is 0.461. The number of nitrogens with two attached hydrogens (primary N) is 1. The van der Waals surface area contributed by atoms with Crippen LogP contribution in [0.2, 0.25) is 0 Å². The number of benzene rings is 1. The molecule has 0 atom stereocenters. The Morgan fingerprint density at radius 2 is 2.23 bits per heavy atom. The number of nitriles is 1. The lowest BCUT2D eigenvalue weighted by molar-refractivity contribution is -0.384. The molecule has 1 aromatic rings. The highest BCUT2D eigenvalue weighted by Gasteiger charge is 2.16. The van der Waals surface area contributed by atoms with Crippen molar-refractivity contribution in [2.24, 2.45) is 0 Å². The molecule has 0 bridgehead atoms. The standard InChI is InChI=1S/C7H4BrN3O2/c8-6-4(3-9)1-2-5(7(6)10)11(12)13/h1-2H,10H2. The van der Waals surface area contributed by atoms with E-state index in [0.29, 0.717) is 0 Å². The van der Waals surface area contributed by atoms with E-state index in [4.69, 9.17) is 11.0 Å². The van der Waals surface area contributed by atoms with Gasteiger partial charge < -0.3 is 5.73 Å². The Morgan fingerprint density at radius 3 is 2.69 bits per heavy atom. The predicted octanol–water partition coefficient (Wildman–Crippen LogP) is 1.81. The monoisotopic (exact) mass is 241 g/mol. The minimum absolute atomic E-state index is 0.0240. The molecule has 0 aliphatic carbocycles. The summed E-state index contributed by atoms with van der Waals surface area (Å²) in [4.78, 5) is 9.80. The smallest absolute Gasteiger partial charge is 0.293 e. The summed E-state index contributed by atoms with van der Waals surface area (Å²) in [5.41, 5.74) is 5.47. The number of nitro groups is 1. The predicted molar refractivity (Wildman–Crippen MR) is 49.9 cm³/mol. The summed E-state index contributed by atoms with van der Waals surface area (Å²) in [5, 5.41) is 19.0. The second-order valence-electron chi connectivity index (χ2n) is 2.23. The summed E-state index contributed by atoms with van der Waals surface area (Å²) >= 11 is 3.01. The third kappa shape index (κ3) is 1.60. The van der Waals surface area contributed by atoms with Crippen molar-refractivity contribution in [2.45, 2.75) is 0 Å². The molecule has 0 unspecified atom stereocenters. The van der Waals surface area contributed by atoms with Crippen molar-refractivity contribution in [2.75, 3.05) is 5.73 Å². The van der Waals surface area contributed by atoms with Crippen LogP contribution in [0.5, 0.6) is 0 Å². The maximum Gasteiger partial charge on any atom is 0.293 e. The molecule has 2 N–H and O–H groups in total. The van der Waals surface area contributed by atoms with Gasteiger partial charge in [-0.25, -0.2) is 0 Å². The summed E-state index contributed by atoms with van der Waals surface area (Å²) in [7, 11) is 0. The normalized spacial score (nSPS) is 9.23. The second kappa shape index (κ2) is 3.41. The minimum atomic E-state index is -0.596. The van der Waals surface area contributed by atoms with Crippen molar-refractivity contribution in [3.63, 3.8) is 0 Å². The van der Waals surface area contributed by atoms with Crippen LogP contribution in [0.3, 0.4) is 0 Å². The van der Waals surface area contributed by atoms with Gasteiger partial charge in [0.25, 0.3) is 5.69 Å². The molecule has 0 amide bonds. The number of anilines is 1.